The number of hydrogen-bond donors (Lipinski definition) is 1. The van der Waals surface area contributed by atoms with E-state index in [4.69, 9.17) is 22.1 Å². The summed E-state index contributed by atoms with van der Waals surface area (Å²) in [7, 11) is 0. The molecular weight excluding hydrogens is 330 g/mol. The average Bonchev–Trinajstić information content (AvgIpc) is 2.95. The van der Waals surface area contributed by atoms with Crippen LogP contribution in [0.15, 0.2) is 12.4 Å². The number of amides is 1. The van der Waals surface area contributed by atoms with Crippen molar-refractivity contribution in [2.75, 3.05) is 31.1 Å². The smallest absolute Gasteiger partial charge is 0.252 e. The molecule has 3 rings (SSSR count). The normalized spacial score (nSPS) is 23.8. The average molecular weight is 354 g/mol. The maximum Gasteiger partial charge on any atom is 0.252 e. The molecule has 7 nitrogen and oxygen atoms in total. The van der Waals surface area contributed by atoms with Crippen molar-refractivity contribution < 1.29 is 9.53 Å². The standard InChI is InChI=1S/C16H24ClN5O2/c1-11(18)10-24-14-4-7-22(15(14)23)13-2-5-21(6-3-13)16-19-8-12(17)9-20-16/h8-9,11,13-14H,2-7,10,18H2,1H3. The van der Waals surface area contributed by atoms with E-state index in [0.29, 0.717) is 17.6 Å². The van der Waals surface area contributed by atoms with Gasteiger partial charge in [0.1, 0.15) is 6.10 Å². The van der Waals surface area contributed by atoms with Crippen molar-refractivity contribution in [2.45, 2.75) is 44.4 Å². The first-order valence-corrected chi connectivity index (χ1v) is 8.82. The van der Waals surface area contributed by atoms with Gasteiger partial charge in [-0.25, -0.2) is 9.97 Å². The number of ether oxygens (including phenoxy) is 1. The Hall–Kier alpha value is -1.44. The lowest BCUT2D eigenvalue weighted by atomic mass is 10.0. The third kappa shape index (κ3) is 3.96. The largest absolute Gasteiger partial charge is 0.367 e. The van der Waals surface area contributed by atoms with Gasteiger partial charge in [-0.1, -0.05) is 11.6 Å². The van der Waals surface area contributed by atoms with Crippen LogP contribution in [0.2, 0.25) is 5.02 Å². The summed E-state index contributed by atoms with van der Waals surface area (Å²) in [5, 5.41) is 0.536. The predicted molar refractivity (Wildman–Crippen MR) is 92.0 cm³/mol. The third-order valence-corrected chi connectivity index (χ3v) is 4.74. The highest BCUT2D eigenvalue weighted by molar-refractivity contribution is 6.30. The monoisotopic (exact) mass is 353 g/mol. The van der Waals surface area contributed by atoms with Crippen molar-refractivity contribution in [1.29, 1.82) is 0 Å². The summed E-state index contributed by atoms with van der Waals surface area (Å²) in [6.45, 7) is 4.75. The van der Waals surface area contributed by atoms with Crippen molar-refractivity contribution in [1.82, 2.24) is 14.9 Å². The number of nitrogens with zero attached hydrogens (tertiary/aromatic N) is 4. The highest BCUT2D eigenvalue weighted by Gasteiger charge is 2.38. The summed E-state index contributed by atoms with van der Waals surface area (Å²) in [5.41, 5.74) is 5.70. The molecule has 2 N–H and O–H groups in total. The Bertz CT molecular complexity index is 560. The fourth-order valence-corrected chi connectivity index (χ4v) is 3.40. The van der Waals surface area contributed by atoms with Gasteiger partial charge in [0.2, 0.25) is 5.95 Å². The zero-order valence-electron chi connectivity index (χ0n) is 13.9. The Balaban J connectivity index is 1.51. The van der Waals surface area contributed by atoms with Crippen LogP contribution < -0.4 is 10.6 Å². The zero-order valence-corrected chi connectivity index (χ0v) is 14.7. The molecule has 24 heavy (non-hydrogen) atoms. The minimum atomic E-state index is -0.325. The molecule has 2 atom stereocenters. The Kier molecular flexibility index (Phi) is 5.53. The van der Waals surface area contributed by atoms with Gasteiger partial charge in [-0.15, -0.1) is 0 Å². The van der Waals surface area contributed by atoms with Crippen LogP contribution in [0.1, 0.15) is 26.2 Å². The molecule has 3 heterocycles. The second-order valence-corrected chi connectivity index (χ2v) is 6.98. The summed E-state index contributed by atoms with van der Waals surface area (Å²) >= 11 is 5.83. The topological polar surface area (TPSA) is 84.6 Å². The van der Waals surface area contributed by atoms with Crippen LogP contribution in [-0.2, 0) is 9.53 Å². The first kappa shape index (κ1) is 17.4. The number of aromatic nitrogens is 2. The molecule has 2 aliphatic heterocycles. The fourth-order valence-electron chi connectivity index (χ4n) is 3.31. The Morgan fingerprint density at radius 2 is 1.96 bits per heavy atom. The van der Waals surface area contributed by atoms with Crippen molar-refractivity contribution in [3.63, 3.8) is 0 Å². The van der Waals surface area contributed by atoms with E-state index in [0.717, 1.165) is 38.9 Å². The second kappa shape index (κ2) is 7.63. The number of anilines is 1. The SMILES string of the molecule is CC(N)COC1CCN(C2CCN(c3ncc(Cl)cn3)CC2)C1=O. The van der Waals surface area contributed by atoms with Crippen molar-refractivity contribution >= 4 is 23.5 Å². The first-order chi connectivity index (χ1) is 11.5. The van der Waals surface area contributed by atoms with Gasteiger partial charge in [-0.05, 0) is 19.8 Å². The van der Waals surface area contributed by atoms with Crippen molar-refractivity contribution in [3.05, 3.63) is 17.4 Å². The number of hydrogen-bond acceptors (Lipinski definition) is 6. The van der Waals surface area contributed by atoms with Gasteiger partial charge < -0.3 is 20.3 Å². The van der Waals surface area contributed by atoms with Gasteiger partial charge in [0.15, 0.2) is 0 Å². The van der Waals surface area contributed by atoms with Crippen LogP contribution in [0, 0.1) is 0 Å². The highest BCUT2D eigenvalue weighted by atomic mass is 35.5. The molecule has 2 aliphatic rings. The minimum absolute atomic E-state index is 0.0468. The van der Waals surface area contributed by atoms with Crippen LogP contribution in [-0.4, -0.2) is 65.2 Å². The lowest BCUT2D eigenvalue weighted by Crippen LogP contribution is -2.47. The Labute approximate surface area is 147 Å². The summed E-state index contributed by atoms with van der Waals surface area (Å²) in [6.07, 6.45) is 5.48. The molecule has 1 aromatic heterocycles. The molecule has 2 unspecified atom stereocenters. The lowest BCUT2D eigenvalue weighted by Gasteiger charge is -2.36. The molecule has 0 bridgehead atoms. The first-order valence-electron chi connectivity index (χ1n) is 8.44. The lowest BCUT2D eigenvalue weighted by molar-refractivity contribution is -0.139. The number of nitrogens with two attached hydrogens (primary N) is 1. The molecule has 0 radical (unpaired) electrons. The quantitative estimate of drug-likeness (QED) is 0.852. The summed E-state index contributed by atoms with van der Waals surface area (Å²) in [5.74, 6) is 0.806. The Morgan fingerprint density at radius 1 is 1.29 bits per heavy atom. The van der Waals surface area contributed by atoms with Crippen LogP contribution >= 0.6 is 11.6 Å². The van der Waals surface area contributed by atoms with Gasteiger partial charge in [-0.3, -0.25) is 4.79 Å². The number of piperidine rings is 1. The van der Waals surface area contributed by atoms with Crippen molar-refractivity contribution in [2.24, 2.45) is 5.73 Å². The molecular formula is C16H24ClN5O2. The molecule has 1 amide bonds. The summed E-state index contributed by atoms with van der Waals surface area (Å²) in [4.78, 5) is 25.2. The number of halogens is 1. The van der Waals surface area contributed by atoms with E-state index >= 15 is 0 Å². The number of carbonyl (C=O) groups is 1. The Morgan fingerprint density at radius 3 is 2.58 bits per heavy atom. The van der Waals surface area contributed by atoms with E-state index in [1.54, 1.807) is 12.4 Å². The van der Waals surface area contributed by atoms with E-state index in [-0.39, 0.29) is 24.1 Å². The number of rotatable bonds is 5. The fraction of sp³-hybridized carbons (Fsp3) is 0.688. The molecule has 1 aromatic rings. The van der Waals surface area contributed by atoms with E-state index in [1.165, 1.54) is 0 Å². The molecule has 0 aliphatic carbocycles. The van der Waals surface area contributed by atoms with Crippen LogP contribution in [0.25, 0.3) is 0 Å². The summed E-state index contributed by atoms with van der Waals surface area (Å²) in [6, 6.07) is 0.222. The van der Waals surface area contributed by atoms with Crippen LogP contribution in [0.4, 0.5) is 5.95 Å². The number of likely N-dealkylation sites (tertiary alicyclic amines) is 1. The molecule has 2 fully saturated rings. The molecule has 0 aromatic carbocycles. The van der Waals surface area contributed by atoms with E-state index < -0.39 is 0 Å². The van der Waals surface area contributed by atoms with Crippen LogP contribution in [0.3, 0.4) is 0 Å². The molecule has 132 valence electrons. The molecule has 2 saturated heterocycles. The maximum absolute atomic E-state index is 12.5. The predicted octanol–water partition coefficient (Wildman–Crippen LogP) is 1.06. The van der Waals surface area contributed by atoms with Crippen LogP contribution in [0.5, 0.6) is 0 Å². The van der Waals surface area contributed by atoms with E-state index in [2.05, 4.69) is 14.9 Å². The second-order valence-electron chi connectivity index (χ2n) is 6.54. The van der Waals surface area contributed by atoms with Gasteiger partial charge in [0.05, 0.1) is 24.0 Å². The number of carbonyl (C=O) groups excluding carboxylic acids is 1. The van der Waals surface area contributed by atoms with Gasteiger partial charge >= 0.3 is 0 Å². The minimum Gasteiger partial charge on any atom is -0.367 e. The van der Waals surface area contributed by atoms with E-state index in [1.807, 2.05) is 11.8 Å². The maximum atomic E-state index is 12.5. The zero-order chi connectivity index (χ0) is 17.1. The molecule has 8 heteroatoms. The van der Waals surface area contributed by atoms with E-state index in [9.17, 15) is 4.79 Å². The highest BCUT2D eigenvalue weighted by Crippen LogP contribution is 2.25. The molecule has 0 spiro atoms. The third-order valence-electron chi connectivity index (χ3n) is 4.55. The van der Waals surface area contributed by atoms with Crippen molar-refractivity contribution in [3.8, 4) is 0 Å². The van der Waals surface area contributed by atoms with Gasteiger partial charge in [0, 0.05) is 38.1 Å². The summed E-state index contributed by atoms with van der Waals surface area (Å²) < 4.78 is 5.64. The molecule has 0 saturated carbocycles. The van der Waals surface area contributed by atoms with Gasteiger partial charge in [-0.2, -0.15) is 0 Å². The van der Waals surface area contributed by atoms with Gasteiger partial charge in [0.25, 0.3) is 5.91 Å².